The van der Waals surface area contributed by atoms with Crippen molar-refractivity contribution >= 4 is 21.9 Å². The van der Waals surface area contributed by atoms with Gasteiger partial charge >= 0.3 is 5.97 Å². The number of rotatable bonds is 5. The summed E-state index contributed by atoms with van der Waals surface area (Å²) >= 11 is 0. The molecule has 2 aliphatic rings. The molecule has 0 aromatic carbocycles. The minimum Gasteiger partial charge on any atom is -0.475 e. The zero-order valence-corrected chi connectivity index (χ0v) is 14.6. The van der Waals surface area contributed by atoms with Gasteiger partial charge in [-0.15, -0.1) is 0 Å². The van der Waals surface area contributed by atoms with E-state index in [-0.39, 0.29) is 18.5 Å². The lowest BCUT2D eigenvalue weighted by Crippen LogP contribution is -2.49. The third-order valence-electron chi connectivity index (χ3n) is 4.64. The average molecular weight is 372 g/mol. The molecule has 2 unspecified atom stereocenters. The molecule has 0 radical (unpaired) electrons. The molecule has 9 nitrogen and oxygen atoms in total. The van der Waals surface area contributed by atoms with Crippen molar-refractivity contribution in [3.8, 4) is 0 Å². The van der Waals surface area contributed by atoms with E-state index >= 15 is 0 Å². The highest BCUT2D eigenvalue weighted by Gasteiger charge is 2.43. The smallest absolute Gasteiger partial charge is 0.371 e. The van der Waals surface area contributed by atoms with E-state index in [9.17, 15) is 18.0 Å². The fourth-order valence-electron chi connectivity index (χ4n) is 3.21. The number of carboxylic acids is 1. The Balaban J connectivity index is 1.82. The van der Waals surface area contributed by atoms with Crippen LogP contribution in [0.2, 0.25) is 0 Å². The number of amides is 1. The first-order valence-electron chi connectivity index (χ1n) is 8.02. The van der Waals surface area contributed by atoms with Crippen LogP contribution >= 0.6 is 0 Å². The molecule has 1 aromatic rings. The van der Waals surface area contributed by atoms with Gasteiger partial charge in [0.05, 0.1) is 12.6 Å². The average Bonchev–Trinajstić information content (AvgIpc) is 3.34. The minimum absolute atomic E-state index is 0.0557. The molecule has 1 N–H and O–H groups in total. The van der Waals surface area contributed by atoms with E-state index in [0.29, 0.717) is 26.1 Å². The summed E-state index contributed by atoms with van der Waals surface area (Å²) in [6.45, 7) is 1.22. The van der Waals surface area contributed by atoms with Crippen LogP contribution in [0.5, 0.6) is 0 Å². The SMILES string of the molecule is CN(C(=O)C1CCCN1S(=O)(=O)c1ccc(C(=O)O)o1)C1CCOC1. The second-order valence-corrected chi connectivity index (χ2v) is 7.99. The number of carbonyl (C=O) groups excluding carboxylic acids is 1. The summed E-state index contributed by atoms with van der Waals surface area (Å²) in [5, 5.41) is 8.43. The third-order valence-corrected chi connectivity index (χ3v) is 6.43. The maximum Gasteiger partial charge on any atom is 0.371 e. The van der Waals surface area contributed by atoms with Crippen LogP contribution in [-0.4, -0.2) is 73.5 Å². The maximum absolute atomic E-state index is 12.8. The molecule has 0 saturated carbocycles. The standard InChI is InChI=1S/C15H20N2O7S/c1-16(10-6-8-23-9-10)14(18)11-3-2-7-17(11)25(21,22)13-5-4-12(24-13)15(19)20/h4-5,10-11H,2-3,6-9H2,1H3,(H,19,20). The largest absolute Gasteiger partial charge is 0.475 e. The number of carboxylic acid groups (broad SMARTS) is 1. The number of hydrogen-bond acceptors (Lipinski definition) is 6. The number of ether oxygens (including phenoxy) is 1. The predicted octanol–water partition coefficient (Wildman–Crippen LogP) is 0.378. The van der Waals surface area contributed by atoms with Gasteiger partial charge in [-0.2, -0.15) is 4.31 Å². The van der Waals surface area contributed by atoms with Gasteiger partial charge in [0, 0.05) is 20.2 Å². The fourth-order valence-corrected chi connectivity index (χ4v) is 4.77. The number of furan rings is 1. The van der Waals surface area contributed by atoms with Gasteiger partial charge in [0.25, 0.3) is 10.0 Å². The number of carbonyl (C=O) groups is 2. The van der Waals surface area contributed by atoms with E-state index in [1.165, 1.54) is 0 Å². The highest BCUT2D eigenvalue weighted by Crippen LogP contribution is 2.29. The van der Waals surface area contributed by atoms with E-state index in [0.717, 1.165) is 22.9 Å². The van der Waals surface area contributed by atoms with Gasteiger partial charge in [-0.05, 0) is 31.4 Å². The molecule has 138 valence electrons. The maximum atomic E-state index is 12.8. The second-order valence-electron chi connectivity index (χ2n) is 6.16. The lowest BCUT2D eigenvalue weighted by atomic mass is 10.1. The normalized spacial score (nSPS) is 24.5. The van der Waals surface area contributed by atoms with Crippen molar-refractivity contribution in [3.05, 3.63) is 17.9 Å². The van der Waals surface area contributed by atoms with Crippen molar-refractivity contribution in [3.63, 3.8) is 0 Å². The van der Waals surface area contributed by atoms with Crippen LogP contribution in [0.25, 0.3) is 0 Å². The zero-order valence-electron chi connectivity index (χ0n) is 13.8. The van der Waals surface area contributed by atoms with Crippen LogP contribution in [0, 0.1) is 0 Å². The van der Waals surface area contributed by atoms with Crippen molar-refractivity contribution in [2.45, 2.75) is 36.4 Å². The summed E-state index contributed by atoms with van der Waals surface area (Å²) in [6, 6.07) is 1.32. The molecule has 2 saturated heterocycles. The van der Waals surface area contributed by atoms with E-state index < -0.39 is 32.9 Å². The summed E-state index contributed by atoms with van der Waals surface area (Å²) in [6.07, 6.45) is 1.70. The van der Waals surface area contributed by atoms with E-state index in [1.54, 1.807) is 11.9 Å². The molecule has 1 amide bonds. The Morgan fingerprint density at radius 3 is 2.68 bits per heavy atom. The van der Waals surface area contributed by atoms with Gasteiger partial charge in [-0.3, -0.25) is 4.79 Å². The van der Waals surface area contributed by atoms with Crippen LogP contribution in [-0.2, 0) is 19.6 Å². The van der Waals surface area contributed by atoms with E-state index in [2.05, 4.69) is 0 Å². The summed E-state index contributed by atoms with van der Waals surface area (Å²) < 4.78 is 36.9. The van der Waals surface area contributed by atoms with Crippen molar-refractivity contribution in [2.24, 2.45) is 0 Å². The van der Waals surface area contributed by atoms with Crippen LogP contribution in [0.4, 0.5) is 0 Å². The number of nitrogens with zero attached hydrogens (tertiary/aromatic N) is 2. The third kappa shape index (κ3) is 3.29. The minimum atomic E-state index is -4.08. The Hall–Kier alpha value is -1.91. The lowest BCUT2D eigenvalue weighted by molar-refractivity contribution is -0.135. The van der Waals surface area contributed by atoms with Crippen molar-refractivity contribution in [1.29, 1.82) is 0 Å². The highest BCUT2D eigenvalue weighted by molar-refractivity contribution is 7.89. The quantitative estimate of drug-likeness (QED) is 0.794. The number of hydrogen-bond donors (Lipinski definition) is 1. The van der Waals surface area contributed by atoms with Crippen molar-refractivity contribution in [2.75, 3.05) is 26.8 Å². The number of sulfonamides is 1. The Morgan fingerprint density at radius 2 is 2.08 bits per heavy atom. The van der Waals surface area contributed by atoms with Crippen molar-refractivity contribution in [1.82, 2.24) is 9.21 Å². The number of likely N-dealkylation sites (N-methyl/N-ethyl adjacent to an activating group) is 1. The van der Waals surface area contributed by atoms with E-state index in [1.807, 2.05) is 0 Å². The van der Waals surface area contributed by atoms with Gasteiger partial charge in [-0.1, -0.05) is 0 Å². The van der Waals surface area contributed by atoms with Gasteiger partial charge in [-0.25, -0.2) is 13.2 Å². The zero-order chi connectivity index (χ0) is 18.2. The predicted molar refractivity (Wildman–Crippen MR) is 84.6 cm³/mol. The Morgan fingerprint density at radius 1 is 1.32 bits per heavy atom. The lowest BCUT2D eigenvalue weighted by Gasteiger charge is -2.29. The number of aromatic carboxylic acids is 1. The van der Waals surface area contributed by atoms with Crippen LogP contribution in [0.15, 0.2) is 21.6 Å². The summed E-state index contributed by atoms with van der Waals surface area (Å²) in [5.74, 6) is -2.08. The second kappa shape index (κ2) is 6.77. The summed E-state index contributed by atoms with van der Waals surface area (Å²) in [5.41, 5.74) is 0. The molecule has 2 atom stereocenters. The molecule has 3 rings (SSSR count). The Kier molecular flexibility index (Phi) is 4.85. The van der Waals surface area contributed by atoms with Gasteiger partial charge in [0.1, 0.15) is 6.04 Å². The fraction of sp³-hybridized carbons (Fsp3) is 0.600. The molecular weight excluding hydrogens is 352 g/mol. The molecular formula is C15H20N2O7S. The molecule has 25 heavy (non-hydrogen) atoms. The van der Waals surface area contributed by atoms with E-state index in [4.69, 9.17) is 14.3 Å². The van der Waals surface area contributed by atoms with Crippen LogP contribution in [0.3, 0.4) is 0 Å². The molecule has 0 spiro atoms. The summed E-state index contributed by atoms with van der Waals surface area (Å²) in [4.78, 5) is 25.2. The van der Waals surface area contributed by atoms with Crippen LogP contribution < -0.4 is 0 Å². The Labute approximate surface area is 145 Å². The first-order valence-corrected chi connectivity index (χ1v) is 9.46. The molecule has 2 fully saturated rings. The topological polar surface area (TPSA) is 117 Å². The first-order chi connectivity index (χ1) is 11.8. The molecule has 0 aliphatic carbocycles. The van der Waals surface area contributed by atoms with Gasteiger partial charge in [0.2, 0.25) is 16.8 Å². The van der Waals surface area contributed by atoms with Gasteiger partial charge < -0.3 is 19.2 Å². The molecule has 2 aliphatic heterocycles. The Bertz CT molecular complexity index is 767. The molecule has 10 heteroatoms. The first kappa shape index (κ1) is 17.9. The van der Waals surface area contributed by atoms with Gasteiger partial charge in [0.15, 0.2) is 0 Å². The monoisotopic (exact) mass is 372 g/mol. The molecule has 1 aromatic heterocycles. The van der Waals surface area contributed by atoms with Crippen LogP contribution in [0.1, 0.15) is 29.8 Å². The van der Waals surface area contributed by atoms with Crippen molar-refractivity contribution < 1.29 is 32.3 Å². The summed E-state index contributed by atoms with van der Waals surface area (Å²) in [7, 11) is -2.43. The molecule has 0 bridgehead atoms. The molecule has 3 heterocycles. The highest BCUT2D eigenvalue weighted by atomic mass is 32.2.